The number of nitrogens with zero attached hydrogens (tertiary/aromatic N) is 11. The van der Waals surface area contributed by atoms with Crippen LogP contribution in [0.2, 0.25) is 0 Å². The molecular weight excluding hydrogens is 895 g/mol. The Kier molecular flexibility index (Phi) is 11.0. The molecule has 11 rings (SSSR count). The van der Waals surface area contributed by atoms with Gasteiger partial charge in [0.1, 0.15) is 35.3 Å². The zero-order valence-corrected chi connectivity index (χ0v) is 38.7. The molecular formula is C47H54F2N14O6. The number of halogens is 2. The first-order chi connectivity index (χ1) is 33.1. The normalized spacial score (nSPS) is 21.0. The number of anilines is 3. The van der Waals surface area contributed by atoms with E-state index in [0.29, 0.717) is 84.8 Å². The lowest BCUT2D eigenvalue weighted by Gasteiger charge is -2.61. The van der Waals surface area contributed by atoms with Gasteiger partial charge in [0.2, 0.25) is 11.8 Å². The Hall–Kier alpha value is -6.84. The van der Waals surface area contributed by atoms with Gasteiger partial charge in [-0.1, -0.05) is 5.16 Å². The van der Waals surface area contributed by atoms with Crippen LogP contribution in [0.5, 0.6) is 0 Å². The van der Waals surface area contributed by atoms with Crippen molar-refractivity contribution in [2.75, 3.05) is 81.5 Å². The Labute approximate surface area is 395 Å². The quantitative estimate of drug-likeness (QED) is 0.157. The van der Waals surface area contributed by atoms with E-state index >= 15 is 8.78 Å². The molecule has 1 spiro atoms. The van der Waals surface area contributed by atoms with Gasteiger partial charge in [-0.05, 0) is 76.5 Å². The van der Waals surface area contributed by atoms with E-state index < -0.39 is 35.2 Å². The van der Waals surface area contributed by atoms with Crippen molar-refractivity contribution in [1.29, 1.82) is 0 Å². The summed E-state index contributed by atoms with van der Waals surface area (Å²) in [7, 11) is 0. The summed E-state index contributed by atoms with van der Waals surface area (Å²) in [6, 6.07) is 1.66. The number of benzene rings is 1. The Morgan fingerprint density at radius 1 is 0.928 bits per heavy atom. The molecule has 6 fully saturated rings. The highest BCUT2D eigenvalue weighted by molar-refractivity contribution is 6.02. The average Bonchev–Trinajstić information content (AvgIpc) is 3.89. The number of carbonyl (C=O) groups excluding carboxylic acids is 4. The van der Waals surface area contributed by atoms with E-state index in [1.165, 1.54) is 18.5 Å². The summed E-state index contributed by atoms with van der Waals surface area (Å²) < 4.78 is 43.6. The third-order valence-corrected chi connectivity index (χ3v) is 14.4. The molecule has 22 heteroatoms. The molecule has 362 valence electrons. The lowest BCUT2D eigenvalue weighted by atomic mass is 9.72. The van der Waals surface area contributed by atoms with Crippen molar-refractivity contribution in [3.05, 3.63) is 53.8 Å². The van der Waals surface area contributed by atoms with Crippen molar-refractivity contribution in [3.63, 3.8) is 0 Å². The van der Waals surface area contributed by atoms with Gasteiger partial charge in [0, 0.05) is 101 Å². The van der Waals surface area contributed by atoms with Crippen LogP contribution in [0.15, 0.2) is 35.4 Å². The number of ether oxygens (including phenoxy) is 1. The molecule has 1 unspecified atom stereocenters. The van der Waals surface area contributed by atoms with E-state index in [2.05, 4.69) is 30.7 Å². The van der Waals surface area contributed by atoms with Crippen LogP contribution < -0.4 is 21.3 Å². The molecule has 69 heavy (non-hydrogen) atoms. The van der Waals surface area contributed by atoms with E-state index in [1.54, 1.807) is 27.1 Å². The van der Waals surface area contributed by atoms with Gasteiger partial charge in [-0.15, -0.1) is 0 Å². The highest BCUT2D eigenvalue weighted by atomic mass is 19.1. The second kappa shape index (κ2) is 17.0. The number of nitrogen functional groups attached to an aromatic ring is 1. The topological polar surface area (TPSA) is 236 Å². The van der Waals surface area contributed by atoms with Crippen molar-refractivity contribution in [2.24, 2.45) is 11.3 Å². The van der Waals surface area contributed by atoms with Crippen molar-refractivity contribution < 1.29 is 37.2 Å². The molecule has 0 bridgehead atoms. The summed E-state index contributed by atoms with van der Waals surface area (Å²) in [5.74, 6) is -0.436. The highest BCUT2D eigenvalue weighted by Gasteiger charge is 2.53. The minimum Gasteiger partial charge on any atom is -0.439 e. The number of nitrogens with two attached hydrogens (primary N) is 1. The van der Waals surface area contributed by atoms with Crippen molar-refractivity contribution in [3.8, 4) is 22.8 Å². The summed E-state index contributed by atoms with van der Waals surface area (Å²) in [5, 5.41) is 15.1. The zero-order valence-electron chi connectivity index (χ0n) is 38.7. The minimum absolute atomic E-state index is 0.000162. The van der Waals surface area contributed by atoms with Crippen LogP contribution in [-0.4, -0.2) is 145 Å². The Balaban J connectivity index is 0.617. The van der Waals surface area contributed by atoms with E-state index in [0.717, 1.165) is 50.9 Å². The van der Waals surface area contributed by atoms with E-state index in [9.17, 15) is 19.2 Å². The van der Waals surface area contributed by atoms with Gasteiger partial charge < -0.3 is 39.9 Å². The van der Waals surface area contributed by atoms with Gasteiger partial charge in [-0.25, -0.2) is 38.2 Å². The predicted octanol–water partition coefficient (Wildman–Crippen LogP) is 4.24. The predicted molar refractivity (Wildman–Crippen MR) is 245 cm³/mol. The first-order valence-electron chi connectivity index (χ1n) is 23.7. The number of aromatic nitrogens is 7. The first-order valence-corrected chi connectivity index (χ1v) is 23.7. The second-order valence-corrected chi connectivity index (χ2v) is 20.7. The smallest absolute Gasteiger partial charge is 0.410 e. The third kappa shape index (κ3) is 8.45. The number of rotatable bonds is 11. The third-order valence-electron chi connectivity index (χ3n) is 14.4. The van der Waals surface area contributed by atoms with Crippen LogP contribution in [0.25, 0.3) is 33.8 Å². The lowest BCUT2D eigenvalue weighted by molar-refractivity contribution is -0.136. The summed E-state index contributed by atoms with van der Waals surface area (Å²) in [5.41, 5.74) is 9.16. The molecule has 5 aromatic rings. The van der Waals surface area contributed by atoms with Crippen molar-refractivity contribution >= 4 is 52.0 Å². The van der Waals surface area contributed by atoms with Gasteiger partial charge in [0.25, 0.3) is 5.91 Å². The fraction of sp³-hybridized carbons (Fsp3) is 0.532. The molecule has 5 aliphatic heterocycles. The van der Waals surface area contributed by atoms with Gasteiger partial charge in [0.05, 0.1) is 16.5 Å². The molecule has 4 amide bonds. The summed E-state index contributed by atoms with van der Waals surface area (Å²) in [6.07, 6.45) is 8.43. The number of nitrogens with one attached hydrogen (secondary N) is 2. The fourth-order valence-electron chi connectivity index (χ4n) is 10.6. The van der Waals surface area contributed by atoms with Gasteiger partial charge >= 0.3 is 6.09 Å². The number of piperidine rings is 2. The number of imide groups is 1. The SMILES string of the molecule is CC(C)(C)n1nc(-c2noc(C3CC3)c2-c2ncc(C3CN(C(=O)OCC(=O)N4CCC(CN5CC6(C5)CN(c5c(F)cc(NC7CCC(=O)NC7=O)cc5F)C6)CC4)C3)cn2)c2c(N)ncnc21. The Bertz CT molecular complexity index is 2830. The monoisotopic (exact) mass is 948 g/mol. The van der Waals surface area contributed by atoms with Crippen molar-refractivity contribution in [1.82, 2.24) is 54.9 Å². The van der Waals surface area contributed by atoms with Gasteiger partial charge in [-0.3, -0.25) is 19.7 Å². The Morgan fingerprint density at radius 3 is 2.30 bits per heavy atom. The standard InChI is InChI=1S/C47H54F2N14O6/c1-46(2,3)63-43-36(41(50)53-24-54-43)37(57-63)38-35(40(69-58-38)26-4-5-26)42-51-14-27(15-52-42)28-17-61(18-28)45(67)68-19-34(65)60-10-8-25(9-11-60)16-59-20-47(21-59)22-62(23-47)39-30(48)12-29(13-31(39)49)55-32-6-7-33(64)56-44(32)66/h12-15,24-26,28,32,55H,4-11,16-23H2,1-3H3,(H2,50,53,54)(H,56,64,66). The molecule has 1 atom stereocenters. The number of carbonyl (C=O) groups is 4. The lowest BCUT2D eigenvalue weighted by Crippen LogP contribution is -2.72. The van der Waals surface area contributed by atoms with E-state index in [-0.39, 0.29) is 65.7 Å². The second-order valence-electron chi connectivity index (χ2n) is 20.7. The molecule has 0 radical (unpaired) electrons. The van der Waals surface area contributed by atoms with Crippen LogP contribution in [0.1, 0.15) is 82.5 Å². The highest BCUT2D eigenvalue weighted by Crippen LogP contribution is 2.48. The largest absolute Gasteiger partial charge is 0.439 e. The number of fused-ring (bicyclic) bond motifs is 1. The zero-order chi connectivity index (χ0) is 47.9. The van der Waals surface area contributed by atoms with Crippen LogP contribution >= 0.6 is 0 Å². The molecule has 20 nitrogen and oxygen atoms in total. The van der Waals surface area contributed by atoms with Crippen LogP contribution in [0.4, 0.5) is 30.8 Å². The number of hydrogen-bond donors (Lipinski definition) is 3. The van der Waals surface area contributed by atoms with Crippen LogP contribution in [0.3, 0.4) is 0 Å². The Morgan fingerprint density at radius 2 is 1.64 bits per heavy atom. The molecule has 6 aliphatic rings. The molecule has 1 aliphatic carbocycles. The molecule has 9 heterocycles. The van der Waals surface area contributed by atoms with Crippen LogP contribution in [0, 0.1) is 23.0 Å². The summed E-state index contributed by atoms with van der Waals surface area (Å²) in [6.45, 7) is 11.4. The summed E-state index contributed by atoms with van der Waals surface area (Å²) >= 11 is 0. The number of amides is 4. The number of hydrogen-bond acceptors (Lipinski definition) is 16. The number of likely N-dealkylation sites (tertiary alicyclic amines) is 3. The van der Waals surface area contributed by atoms with Crippen LogP contribution in [-0.2, 0) is 24.7 Å². The van der Waals surface area contributed by atoms with Crippen molar-refractivity contribution in [2.45, 2.75) is 82.7 Å². The summed E-state index contributed by atoms with van der Waals surface area (Å²) in [4.78, 5) is 75.3. The maximum Gasteiger partial charge on any atom is 0.410 e. The first kappa shape index (κ1) is 44.7. The van der Waals surface area contributed by atoms with Gasteiger partial charge in [-0.2, -0.15) is 5.10 Å². The maximum absolute atomic E-state index is 15.2. The van der Waals surface area contributed by atoms with E-state index in [4.69, 9.17) is 30.1 Å². The molecule has 5 saturated heterocycles. The molecule has 1 saturated carbocycles. The minimum atomic E-state index is -0.735. The molecule has 1 aromatic carbocycles. The molecule has 4 aromatic heterocycles. The van der Waals surface area contributed by atoms with E-state index in [1.807, 2.05) is 25.5 Å². The fourth-order valence-corrected chi connectivity index (χ4v) is 10.6. The average molecular weight is 949 g/mol. The van der Waals surface area contributed by atoms with Gasteiger partial charge in [0.15, 0.2) is 35.5 Å². The molecule has 4 N–H and O–H groups in total. The maximum atomic E-state index is 15.2.